The highest BCUT2D eigenvalue weighted by Gasteiger charge is 2.14. The van der Waals surface area contributed by atoms with Crippen LogP contribution in [0.1, 0.15) is 21.6 Å². The van der Waals surface area contributed by atoms with Gasteiger partial charge in [0, 0.05) is 30.2 Å². The minimum absolute atomic E-state index is 0.133. The Hall–Kier alpha value is -3.02. The van der Waals surface area contributed by atoms with Gasteiger partial charge in [-0.1, -0.05) is 5.16 Å². The average molecular weight is 326 g/mol. The topological polar surface area (TPSA) is 72.2 Å². The molecule has 0 bridgehead atoms. The Morgan fingerprint density at radius 3 is 2.71 bits per heavy atom. The van der Waals surface area contributed by atoms with Gasteiger partial charge in [0.15, 0.2) is 11.2 Å². The predicted octanol–water partition coefficient (Wildman–Crippen LogP) is 2.56. The van der Waals surface area contributed by atoms with Crippen LogP contribution in [0, 0.1) is 12.7 Å². The molecule has 0 atom stereocenters. The largest absolute Gasteiger partial charge is 0.356 e. The van der Waals surface area contributed by atoms with Gasteiger partial charge in [0.1, 0.15) is 5.82 Å². The molecule has 1 aromatic rings. The van der Waals surface area contributed by atoms with E-state index in [2.05, 4.69) is 10.5 Å². The van der Waals surface area contributed by atoms with E-state index < -0.39 is 0 Å². The molecule has 1 N–H and O–H groups in total. The Balaban J connectivity index is 1.68. The number of hydrogen-bond donors (Lipinski definition) is 1. The molecule has 0 saturated heterocycles. The van der Waals surface area contributed by atoms with Crippen molar-refractivity contribution in [1.82, 2.24) is 10.5 Å². The summed E-state index contributed by atoms with van der Waals surface area (Å²) >= 11 is 0. The van der Waals surface area contributed by atoms with Gasteiger partial charge in [-0.2, -0.15) is 0 Å². The highest BCUT2D eigenvalue weighted by Crippen LogP contribution is 2.24. The lowest BCUT2D eigenvalue weighted by Gasteiger charge is -2.11. The van der Waals surface area contributed by atoms with E-state index in [0.29, 0.717) is 30.0 Å². The van der Waals surface area contributed by atoms with Crippen molar-refractivity contribution in [2.75, 3.05) is 6.54 Å². The van der Waals surface area contributed by atoms with Crippen LogP contribution in [0.4, 0.5) is 4.39 Å². The van der Waals surface area contributed by atoms with Crippen LogP contribution in [-0.4, -0.2) is 17.6 Å². The molecule has 6 heteroatoms. The first kappa shape index (κ1) is 15.9. The molecule has 0 aromatic heterocycles. The first-order valence-electron chi connectivity index (χ1n) is 7.47. The van der Waals surface area contributed by atoms with Crippen LogP contribution in [0.2, 0.25) is 0 Å². The second-order valence-corrected chi connectivity index (χ2v) is 5.43. The van der Waals surface area contributed by atoms with Crippen molar-refractivity contribution >= 4 is 5.91 Å². The summed E-state index contributed by atoms with van der Waals surface area (Å²) in [6.45, 7) is 2.26. The summed E-state index contributed by atoms with van der Waals surface area (Å²) in [5.74, 6) is -0.217. The van der Waals surface area contributed by atoms with Gasteiger partial charge in [-0.05, 0) is 48.9 Å². The van der Waals surface area contributed by atoms with Gasteiger partial charge >= 0.3 is 0 Å². The molecule has 2 aliphatic rings. The first-order chi connectivity index (χ1) is 11.5. The van der Waals surface area contributed by atoms with Crippen molar-refractivity contribution in [3.8, 4) is 11.3 Å². The maximum absolute atomic E-state index is 12.9. The van der Waals surface area contributed by atoms with E-state index in [9.17, 15) is 14.0 Å². The quantitative estimate of drug-likeness (QED) is 0.800. The summed E-state index contributed by atoms with van der Waals surface area (Å²) in [5.41, 5.74) is 2.70. The number of carbonyl (C=O) groups is 1. The van der Waals surface area contributed by atoms with Crippen molar-refractivity contribution in [3.05, 3.63) is 75.3 Å². The zero-order chi connectivity index (χ0) is 17.1. The lowest BCUT2D eigenvalue weighted by atomic mass is 10.0. The first-order valence-corrected chi connectivity index (χ1v) is 7.47. The standard InChI is InChI=1S/C18H15FN2O3/c1-11-15-7-6-14(22)10-17(15)24-21-16(11)8-9-20-18(23)12-2-4-13(19)5-3-12/h2-7,10H,8-9H2,1H3,(H,20,23). The van der Waals surface area contributed by atoms with E-state index >= 15 is 0 Å². The molecule has 5 nitrogen and oxygen atoms in total. The molecule has 1 aromatic carbocycles. The molecule has 0 spiro atoms. The molecule has 0 fully saturated rings. The van der Waals surface area contributed by atoms with Gasteiger partial charge in [-0.25, -0.2) is 4.39 Å². The summed E-state index contributed by atoms with van der Waals surface area (Å²) < 4.78 is 18.1. The van der Waals surface area contributed by atoms with Gasteiger partial charge in [0.2, 0.25) is 0 Å². The van der Waals surface area contributed by atoms with Gasteiger partial charge in [0.25, 0.3) is 5.91 Å². The van der Waals surface area contributed by atoms with E-state index in [1.54, 1.807) is 6.07 Å². The van der Waals surface area contributed by atoms with Crippen molar-refractivity contribution in [2.24, 2.45) is 0 Å². The van der Waals surface area contributed by atoms with Crippen molar-refractivity contribution in [1.29, 1.82) is 0 Å². The zero-order valence-corrected chi connectivity index (χ0v) is 13.0. The zero-order valence-electron chi connectivity index (χ0n) is 13.0. The maximum Gasteiger partial charge on any atom is 0.251 e. The van der Waals surface area contributed by atoms with E-state index in [1.807, 2.05) is 6.92 Å². The Morgan fingerprint density at radius 1 is 1.21 bits per heavy atom. The minimum Gasteiger partial charge on any atom is -0.356 e. The third-order valence-corrected chi connectivity index (χ3v) is 3.80. The predicted molar refractivity (Wildman–Crippen MR) is 86.6 cm³/mol. The SMILES string of the molecule is Cc1c2ccc(=O)cc-2onc1CCNC(=O)c1ccc(F)cc1. The fourth-order valence-corrected chi connectivity index (χ4v) is 2.45. The van der Waals surface area contributed by atoms with Gasteiger partial charge in [-0.3, -0.25) is 9.59 Å². The maximum atomic E-state index is 12.9. The van der Waals surface area contributed by atoms with Gasteiger partial charge in [-0.15, -0.1) is 0 Å². The van der Waals surface area contributed by atoms with E-state index in [1.165, 1.54) is 36.4 Å². The Labute approximate surface area is 137 Å². The average Bonchev–Trinajstić information content (AvgIpc) is 2.57. The fourth-order valence-electron chi connectivity index (χ4n) is 2.45. The Bertz CT molecular complexity index is 903. The normalized spacial score (nSPS) is 10.8. The second kappa shape index (κ2) is 6.62. The number of halogens is 1. The summed E-state index contributed by atoms with van der Waals surface area (Å²) in [6.07, 6.45) is 0.483. The highest BCUT2D eigenvalue weighted by atomic mass is 19.1. The van der Waals surface area contributed by atoms with Crippen LogP contribution in [0.3, 0.4) is 0 Å². The molecular formula is C18H15FN2O3. The lowest BCUT2D eigenvalue weighted by Crippen LogP contribution is -2.26. The van der Waals surface area contributed by atoms with Crippen LogP contribution >= 0.6 is 0 Å². The molecule has 122 valence electrons. The number of nitrogens with zero attached hydrogens (tertiary/aromatic N) is 1. The number of fused-ring (bicyclic) bond motifs is 1. The van der Waals surface area contributed by atoms with Crippen LogP contribution < -0.4 is 10.7 Å². The van der Waals surface area contributed by atoms with Crippen molar-refractivity contribution in [2.45, 2.75) is 13.3 Å². The van der Waals surface area contributed by atoms with Crippen molar-refractivity contribution < 1.29 is 13.7 Å². The number of nitrogens with one attached hydrogen (secondary N) is 1. The number of rotatable bonds is 4. The summed E-state index contributed by atoms with van der Waals surface area (Å²) in [6, 6.07) is 9.93. The number of aromatic nitrogens is 1. The summed E-state index contributed by atoms with van der Waals surface area (Å²) in [7, 11) is 0. The van der Waals surface area contributed by atoms with E-state index in [0.717, 1.165) is 11.1 Å². The molecule has 24 heavy (non-hydrogen) atoms. The molecule has 0 radical (unpaired) electrons. The van der Waals surface area contributed by atoms with Crippen LogP contribution in [0.15, 0.2) is 51.8 Å². The number of carbonyl (C=O) groups excluding carboxylic acids is 1. The summed E-state index contributed by atoms with van der Waals surface area (Å²) in [5, 5.41) is 6.77. The van der Waals surface area contributed by atoms with E-state index in [-0.39, 0.29) is 17.2 Å². The highest BCUT2D eigenvalue weighted by molar-refractivity contribution is 5.94. The molecule has 1 aliphatic heterocycles. The third-order valence-electron chi connectivity index (χ3n) is 3.80. The molecule has 1 heterocycles. The molecule has 1 amide bonds. The Morgan fingerprint density at radius 2 is 1.96 bits per heavy atom. The van der Waals surface area contributed by atoms with Crippen molar-refractivity contribution in [3.63, 3.8) is 0 Å². The monoisotopic (exact) mass is 326 g/mol. The van der Waals surface area contributed by atoms with Crippen LogP contribution in [0.25, 0.3) is 11.3 Å². The summed E-state index contributed by atoms with van der Waals surface area (Å²) in [4.78, 5) is 23.3. The smallest absolute Gasteiger partial charge is 0.251 e. The second-order valence-electron chi connectivity index (χ2n) is 5.43. The molecule has 0 unspecified atom stereocenters. The van der Waals surface area contributed by atoms with Crippen LogP contribution in [0.5, 0.6) is 0 Å². The number of hydrogen-bond acceptors (Lipinski definition) is 4. The molecule has 3 rings (SSSR count). The van der Waals surface area contributed by atoms with Crippen LogP contribution in [-0.2, 0) is 6.42 Å². The van der Waals surface area contributed by atoms with Gasteiger partial charge in [0.05, 0.1) is 5.69 Å². The molecule has 1 aliphatic carbocycles. The minimum atomic E-state index is -0.384. The molecule has 0 saturated carbocycles. The number of amides is 1. The number of benzene rings is 2. The van der Waals surface area contributed by atoms with Gasteiger partial charge < -0.3 is 9.84 Å². The van der Waals surface area contributed by atoms with E-state index in [4.69, 9.17) is 4.52 Å². The Kier molecular flexibility index (Phi) is 4.37. The lowest BCUT2D eigenvalue weighted by molar-refractivity contribution is 0.0954. The molecular weight excluding hydrogens is 311 g/mol. The third kappa shape index (κ3) is 3.32. The fraction of sp³-hybridized carbons (Fsp3) is 0.167.